The molecule has 0 aromatic carbocycles. The van der Waals surface area contributed by atoms with Gasteiger partial charge in [0.25, 0.3) is 0 Å². The van der Waals surface area contributed by atoms with Crippen molar-refractivity contribution >= 4 is 22.3 Å². The summed E-state index contributed by atoms with van der Waals surface area (Å²) in [6.45, 7) is 4.14. The topological polar surface area (TPSA) is 78.0 Å². The summed E-state index contributed by atoms with van der Waals surface area (Å²) in [7, 11) is 0. The van der Waals surface area contributed by atoms with Gasteiger partial charge in [0.05, 0.1) is 17.9 Å². The highest BCUT2D eigenvalue weighted by Crippen LogP contribution is 2.32. The van der Waals surface area contributed by atoms with E-state index in [9.17, 15) is 0 Å². The highest BCUT2D eigenvalue weighted by molar-refractivity contribution is 7.16. The molecule has 3 aromatic heterocycles. The lowest BCUT2D eigenvalue weighted by atomic mass is 10.1. The second-order valence-electron chi connectivity index (χ2n) is 7.02. The summed E-state index contributed by atoms with van der Waals surface area (Å²) in [6.07, 6.45) is 5.96. The molecule has 0 bridgehead atoms. The minimum atomic E-state index is 0.353. The van der Waals surface area contributed by atoms with Crippen LogP contribution >= 0.6 is 11.3 Å². The van der Waals surface area contributed by atoms with Crippen LogP contribution < -0.4 is 5.32 Å². The number of pyridine rings is 1. The lowest BCUT2D eigenvalue weighted by Gasteiger charge is -2.24. The molecular formula is C21H23N5OS. The number of nitrogens with one attached hydrogen (secondary N) is 1. The Balaban J connectivity index is 1.38. The number of aryl methyl sites for hydroxylation is 2. The van der Waals surface area contributed by atoms with Gasteiger partial charge in [0.2, 0.25) is 0 Å². The van der Waals surface area contributed by atoms with Crippen molar-refractivity contribution < 1.29 is 4.42 Å². The Morgan fingerprint density at radius 2 is 2.29 bits per heavy atom. The first kappa shape index (κ1) is 18.7. The summed E-state index contributed by atoms with van der Waals surface area (Å²) >= 11 is 1.33. The predicted octanol–water partition coefficient (Wildman–Crippen LogP) is 4.82. The number of thiazole rings is 1. The minimum absolute atomic E-state index is 0.353. The maximum atomic E-state index is 8.94. The summed E-state index contributed by atoms with van der Waals surface area (Å²) in [4.78, 5) is 12.2. The average molecular weight is 394 g/mol. The summed E-state index contributed by atoms with van der Waals surface area (Å²) in [5.74, 6) is 2.82. The Hall–Kier alpha value is -2.69. The molecule has 7 heteroatoms. The van der Waals surface area contributed by atoms with E-state index in [1.165, 1.54) is 17.8 Å². The van der Waals surface area contributed by atoms with Gasteiger partial charge in [-0.1, -0.05) is 17.4 Å². The van der Waals surface area contributed by atoms with E-state index in [0.717, 1.165) is 55.4 Å². The van der Waals surface area contributed by atoms with E-state index < -0.39 is 0 Å². The first-order valence-electron chi connectivity index (χ1n) is 9.60. The number of rotatable bonds is 7. The van der Waals surface area contributed by atoms with Crippen molar-refractivity contribution in [3.05, 3.63) is 58.6 Å². The number of aromatic nitrogens is 2. The first-order chi connectivity index (χ1) is 13.7. The van der Waals surface area contributed by atoms with Gasteiger partial charge in [0, 0.05) is 6.42 Å². The summed E-state index contributed by atoms with van der Waals surface area (Å²) in [6, 6.07) is 12.6. The van der Waals surface area contributed by atoms with Crippen LogP contribution in [-0.2, 0) is 6.42 Å². The predicted molar refractivity (Wildman–Crippen MR) is 110 cm³/mol. The van der Waals surface area contributed by atoms with Crippen LogP contribution in [0.5, 0.6) is 0 Å². The Labute approximate surface area is 168 Å². The van der Waals surface area contributed by atoms with Gasteiger partial charge in [-0.15, -0.1) is 0 Å². The van der Waals surface area contributed by atoms with Gasteiger partial charge in [-0.2, -0.15) is 5.26 Å². The zero-order chi connectivity index (χ0) is 19.3. The van der Waals surface area contributed by atoms with Crippen molar-refractivity contribution in [3.63, 3.8) is 0 Å². The van der Waals surface area contributed by atoms with E-state index in [1.54, 1.807) is 6.20 Å². The molecule has 1 fully saturated rings. The van der Waals surface area contributed by atoms with Crippen molar-refractivity contribution in [2.24, 2.45) is 0 Å². The number of furan rings is 1. The molecule has 1 unspecified atom stereocenters. The largest absolute Gasteiger partial charge is 0.466 e. The van der Waals surface area contributed by atoms with Crippen molar-refractivity contribution in [2.75, 3.05) is 18.4 Å². The van der Waals surface area contributed by atoms with Crippen molar-refractivity contribution in [3.8, 4) is 6.07 Å². The second-order valence-corrected chi connectivity index (χ2v) is 8.05. The monoisotopic (exact) mass is 393 g/mol. The molecule has 1 aliphatic heterocycles. The fraction of sp³-hybridized carbons (Fsp3) is 0.381. The van der Waals surface area contributed by atoms with Crippen molar-refractivity contribution in [1.82, 2.24) is 14.9 Å². The molecule has 4 rings (SSSR count). The second kappa shape index (κ2) is 8.55. The van der Waals surface area contributed by atoms with E-state index in [-0.39, 0.29) is 0 Å². The molecule has 144 valence electrons. The molecule has 28 heavy (non-hydrogen) atoms. The Bertz CT molecular complexity index is 973. The van der Waals surface area contributed by atoms with Crippen LogP contribution in [0.1, 0.15) is 47.4 Å². The summed E-state index contributed by atoms with van der Waals surface area (Å²) in [5.41, 5.74) is 1.09. The molecule has 0 saturated carbocycles. The van der Waals surface area contributed by atoms with Gasteiger partial charge >= 0.3 is 0 Å². The SMILES string of the molecule is Cc1ccc(CCCN2CCCC2c2cccc(Nc3ncc(C#N)s3)n2)o1. The molecule has 1 aliphatic rings. The van der Waals surface area contributed by atoms with Crippen molar-refractivity contribution in [2.45, 2.75) is 38.6 Å². The molecule has 0 aliphatic carbocycles. The van der Waals surface area contributed by atoms with Gasteiger partial charge < -0.3 is 9.73 Å². The first-order valence-corrected chi connectivity index (χ1v) is 10.4. The van der Waals surface area contributed by atoms with Crippen LogP contribution in [0.4, 0.5) is 10.9 Å². The summed E-state index contributed by atoms with van der Waals surface area (Å²) in [5, 5.41) is 12.9. The van der Waals surface area contributed by atoms with Gasteiger partial charge in [0.15, 0.2) is 5.13 Å². The molecule has 3 aromatic rings. The zero-order valence-electron chi connectivity index (χ0n) is 15.9. The maximum Gasteiger partial charge on any atom is 0.189 e. The number of nitriles is 1. The maximum absolute atomic E-state index is 8.94. The molecule has 0 spiro atoms. The molecule has 1 N–H and O–H groups in total. The highest BCUT2D eigenvalue weighted by Gasteiger charge is 2.26. The number of hydrogen-bond acceptors (Lipinski definition) is 7. The number of likely N-dealkylation sites (tertiary alicyclic amines) is 1. The fourth-order valence-corrected chi connectivity index (χ4v) is 4.32. The normalized spacial score (nSPS) is 16.9. The van der Waals surface area contributed by atoms with Gasteiger partial charge in [-0.05, 0) is 63.5 Å². The smallest absolute Gasteiger partial charge is 0.189 e. The highest BCUT2D eigenvalue weighted by atomic mass is 32.1. The van der Waals surface area contributed by atoms with Gasteiger partial charge in [0.1, 0.15) is 28.3 Å². The Kier molecular flexibility index (Phi) is 5.70. The van der Waals surface area contributed by atoms with Crippen LogP contribution in [0, 0.1) is 18.3 Å². The van der Waals surface area contributed by atoms with Crippen LogP contribution in [0.15, 0.2) is 40.9 Å². The zero-order valence-corrected chi connectivity index (χ0v) is 16.7. The third-order valence-corrected chi connectivity index (χ3v) is 5.81. The van der Waals surface area contributed by atoms with Crippen LogP contribution in [0.25, 0.3) is 0 Å². The molecule has 1 saturated heterocycles. The Morgan fingerprint density at radius 1 is 1.36 bits per heavy atom. The number of nitrogens with zero attached hydrogens (tertiary/aromatic N) is 4. The Morgan fingerprint density at radius 3 is 3.07 bits per heavy atom. The van der Waals surface area contributed by atoms with Gasteiger partial charge in [-0.3, -0.25) is 4.90 Å². The fourth-order valence-electron chi connectivity index (χ4n) is 3.70. The van der Waals surface area contributed by atoms with E-state index in [2.05, 4.69) is 33.4 Å². The van der Waals surface area contributed by atoms with Gasteiger partial charge in [-0.25, -0.2) is 9.97 Å². The quantitative estimate of drug-likeness (QED) is 0.620. The molecular weight excluding hydrogens is 370 g/mol. The molecule has 1 atom stereocenters. The lowest BCUT2D eigenvalue weighted by molar-refractivity contribution is 0.248. The van der Waals surface area contributed by atoms with Crippen LogP contribution in [0.3, 0.4) is 0 Å². The molecule has 0 radical (unpaired) electrons. The third kappa shape index (κ3) is 4.41. The van der Waals surface area contributed by atoms with E-state index in [1.807, 2.05) is 25.1 Å². The minimum Gasteiger partial charge on any atom is -0.466 e. The summed E-state index contributed by atoms with van der Waals surface area (Å²) < 4.78 is 5.68. The molecule has 6 nitrogen and oxygen atoms in total. The molecule has 0 amide bonds. The van der Waals surface area contributed by atoms with E-state index >= 15 is 0 Å². The third-order valence-electron chi connectivity index (χ3n) is 4.99. The average Bonchev–Trinajstić information content (AvgIpc) is 3.43. The number of hydrogen-bond donors (Lipinski definition) is 1. The number of anilines is 2. The van der Waals surface area contributed by atoms with Crippen LogP contribution in [-0.4, -0.2) is 28.0 Å². The molecule has 4 heterocycles. The van der Waals surface area contributed by atoms with Crippen molar-refractivity contribution in [1.29, 1.82) is 5.26 Å². The van der Waals surface area contributed by atoms with Crippen LogP contribution in [0.2, 0.25) is 0 Å². The lowest BCUT2D eigenvalue weighted by Crippen LogP contribution is -2.25. The standard InChI is InChI=1S/C21H23N5OS/c1-15-9-10-16(27-15)5-3-11-26-12-4-7-19(26)18-6-2-8-20(24-18)25-21-23-14-17(13-22)28-21/h2,6,8-10,14,19H,3-5,7,11-12H2,1H3,(H,23,24,25). The van der Waals surface area contributed by atoms with E-state index in [0.29, 0.717) is 16.1 Å². The van der Waals surface area contributed by atoms with E-state index in [4.69, 9.17) is 14.7 Å².